The molecule has 0 unspecified atom stereocenters. The Morgan fingerprint density at radius 1 is 0.800 bits per heavy atom. The molecular formula is C19H24O. The van der Waals surface area contributed by atoms with Gasteiger partial charge in [-0.1, -0.05) is 81.4 Å². The lowest BCUT2D eigenvalue weighted by Crippen LogP contribution is -2.30. The van der Waals surface area contributed by atoms with Crippen molar-refractivity contribution in [1.82, 2.24) is 0 Å². The number of aliphatic hydroxyl groups excluding tert-OH is 1. The van der Waals surface area contributed by atoms with Gasteiger partial charge < -0.3 is 5.11 Å². The summed E-state index contributed by atoms with van der Waals surface area (Å²) in [5.74, 6) is 0.412. The summed E-state index contributed by atoms with van der Waals surface area (Å²) in [7, 11) is 0. The molecule has 1 nitrogen and oxygen atoms in total. The normalized spacial score (nSPS) is 13.4. The molecule has 0 aromatic heterocycles. The Kier molecular flexibility index (Phi) is 4.61. The van der Waals surface area contributed by atoms with E-state index in [1.165, 1.54) is 11.1 Å². The monoisotopic (exact) mass is 268 g/mol. The first-order valence-electron chi connectivity index (χ1n) is 7.25. The van der Waals surface area contributed by atoms with E-state index in [2.05, 4.69) is 69.3 Å². The maximum absolute atomic E-state index is 9.95. The van der Waals surface area contributed by atoms with Crippen LogP contribution in [0.15, 0.2) is 60.7 Å². The van der Waals surface area contributed by atoms with Crippen LogP contribution in [0, 0.1) is 11.3 Å². The van der Waals surface area contributed by atoms with Gasteiger partial charge in [-0.05, 0) is 22.5 Å². The molecule has 0 spiro atoms. The first-order valence-corrected chi connectivity index (χ1v) is 7.25. The first-order chi connectivity index (χ1) is 9.54. The second kappa shape index (κ2) is 6.23. The molecule has 2 aromatic carbocycles. The summed E-state index contributed by atoms with van der Waals surface area (Å²) in [5, 5.41) is 9.95. The first kappa shape index (κ1) is 14.8. The van der Waals surface area contributed by atoms with Gasteiger partial charge in [0.05, 0.1) is 0 Å². The Morgan fingerprint density at radius 2 is 1.20 bits per heavy atom. The van der Waals surface area contributed by atoms with Crippen LogP contribution in [0.1, 0.15) is 37.8 Å². The Bertz CT molecular complexity index is 471. The number of hydrogen-bond acceptors (Lipinski definition) is 1. The number of hydrogen-bond donors (Lipinski definition) is 1. The van der Waals surface area contributed by atoms with Gasteiger partial charge in [0.15, 0.2) is 0 Å². The maximum Gasteiger partial charge on any atom is 0.0473 e. The highest BCUT2D eigenvalue weighted by atomic mass is 16.3. The quantitative estimate of drug-likeness (QED) is 0.867. The molecule has 2 rings (SSSR count). The molecule has 0 saturated heterocycles. The molecule has 1 N–H and O–H groups in total. The highest BCUT2D eigenvalue weighted by Crippen LogP contribution is 2.41. The molecule has 106 valence electrons. The Labute approximate surface area is 122 Å². The summed E-state index contributed by atoms with van der Waals surface area (Å²) < 4.78 is 0. The van der Waals surface area contributed by atoms with Gasteiger partial charge in [0.1, 0.15) is 0 Å². The Balaban J connectivity index is 2.50. The van der Waals surface area contributed by atoms with Crippen molar-refractivity contribution in [2.45, 2.75) is 26.7 Å². The van der Waals surface area contributed by atoms with E-state index in [1.54, 1.807) is 0 Å². The van der Waals surface area contributed by atoms with Crippen molar-refractivity contribution in [3.63, 3.8) is 0 Å². The van der Waals surface area contributed by atoms with Crippen LogP contribution < -0.4 is 0 Å². The number of aliphatic hydroxyl groups is 1. The van der Waals surface area contributed by atoms with Gasteiger partial charge in [0.25, 0.3) is 0 Å². The van der Waals surface area contributed by atoms with Crippen molar-refractivity contribution in [1.29, 1.82) is 0 Å². The predicted octanol–water partition coefficient (Wildman–Crippen LogP) is 4.47. The van der Waals surface area contributed by atoms with Gasteiger partial charge >= 0.3 is 0 Å². The maximum atomic E-state index is 9.95. The van der Waals surface area contributed by atoms with E-state index in [0.717, 1.165) is 0 Å². The SMILES string of the molecule is CC(C)(C)[C@@H](CO)C(c1ccccc1)c1ccccc1. The van der Waals surface area contributed by atoms with Crippen LogP contribution in [0.4, 0.5) is 0 Å². The molecule has 1 atom stereocenters. The lowest BCUT2D eigenvalue weighted by Gasteiger charge is -2.36. The van der Waals surface area contributed by atoms with E-state index in [0.29, 0.717) is 0 Å². The third-order valence-corrected chi connectivity index (χ3v) is 4.03. The van der Waals surface area contributed by atoms with Crippen LogP contribution >= 0.6 is 0 Å². The van der Waals surface area contributed by atoms with Crippen molar-refractivity contribution >= 4 is 0 Å². The van der Waals surface area contributed by atoms with Crippen LogP contribution in [-0.2, 0) is 0 Å². The molecule has 0 bridgehead atoms. The van der Waals surface area contributed by atoms with Crippen LogP contribution in [0.25, 0.3) is 0 Å². The average molecular weight is 268 g/mol. The minimum Gasteiger partial charge on any atom is -0.396 e. The van der Waals surface area contributed by atoms with Gasteiger partial charge in [-0.25, -0.2) is 0 Å². The molecule has 0 aliphatic heterocycles. The zero-order chi connectivity index (χ0) is 14.6. The van der Waals surface area contributed by atoms with Crippen molar-refractivity contribution in [3.05, 3.63) is 71.8 Å². The summed E-state index contributed by atoms with van der Waals surface area (Å²) >= 11 is 0. The smallest absolute Gasteiger partial charge is 0.0473 e. The fourth-order valence-corrected chi connectivity index (χ4v) is 2.86. The fourth-order valence-electron chi connectivity index (χ4n) is 2.86. The van der Waals surface area contributed by atoms with Gasteiger partial charge in [-0.2, -0.15) is 0 Å². The fraction of sp³-hybridized carbons (Fsp3) is 0.368. The Morgan fingerprint density at radius 3 is 1.50 bits per heavy atom. The molecule has 0 saturated carbocycles. The molecular weight excluding hydrogens is 244 g/mol. The van der Waals surface area contributed by atoms with Crippen molar-refractivity contribution < 1.29 is 5.11 Å². The lowest BCUT2D eigenvalue weighted by atomic mass is 9.69. The third-order valence-electron chi connectivity index (χ3n) is 4.03. The third kappa shape index (κ3) is 3.29. The lowest BCUT2D eigenvalue weighted by molar-refractivity contribution is 0.117. The van der Waals surface area contributed by atoms with Gasteiger partial charge in [-0.15, -0.1) is 0 Å². The molecule has 0 heterocycles. The van der Waals surface area contributed by atoms with Crippen LogP contribution in [0.5, 0.6) is 0 Å². The molecule has 0 aliphatic rings. The van der Waals surface area contributed by atoms with Crippen molar-refractivity contribution in [2.75, 3.05) is 6.61 Å². The van der Waals surface area contributed by atoms with E-state index in [-0.39, 0.29) is 23.9 Å². The molecule has 0 aliphatic carbocycles. The minimum atomic E-state index is 0.0467. The van der Waals surface area contributed by atoms with Crippen LogP contribution in [0.3, 0.4) is 0 Å². The number of rotatable bonds is 4. The van der Waals surface area contributed by atoms with Gasteiger partial charge in [0, 0.05) is 12.5 Å². The van der Waals surface area contributed by atoms with E-state index in [4.69, 9.17) is 0 Å². The number of benzene rings is 2. The minimum absolute atomic E-state index is 0.0467. The highest BCUT2D eigenvalue weighted by molar-refractivity contribution is 5.33. The second-order valence-electron chi connectivity index (χ2n) is 6.45. The summed E-state index contributed by atoms with van der Waals surface area (Å²) in [6, 6.07) is 21.0. The summed E-state index contributed by atoms with van der Waals surface area (Å²) in [6.07, 6.45) is 0. The van der Waals surface area contributed by atoms with Crippen LogP contribution in [0.2, 0.25) is 0 Å². The highest BCUT2D eigenvalue weighted by Gasteiger charge is 2.33. The molecule has 1 heteroatoms. The molecule has 0 fully saturated rings. The van der Waals surface area contributed by atoms with Crippen LogP contribution in [-0.4, -0.2) is 11.7 Å². The molecule has 20 heavy (non-hydrogen) atoms. The molecule has 0 amide bonds. The van der Waals surface area contributed by atoms with Gasteiger partial charge in [0.2, 0.25) is 0 Å². The standard InChI is InChI=1S/C19H24O/c1-19(2,3)17(14-20)18(15-10-6-4-7-11-15)16-12-8-5-9-13-16/h4-13,17-18,20H,14H2,1-3H3/t17-/m0/s1. The summed E-state index contributed by atoms with van der Waals surface area (Å²) in [6.45, 7) is 6.80. The van der Waals surface area contributed by atoms with Crippen molar-refractivity contribution in [2.24, 2.45) is 11.3 Å². The second-order valence-corrected chi connectivity index (χ2v) is 6.45. The Hall–Kier alpha value is -1.60. The predicted molar refractivity (Wildman–Crippen MR) is 84.8 cm³/mol. The van der Waals surface area contributed by atoms with Gasteiger partial charge in [-0.3, -0.25) is 0 Å². The largest absolute Gasteiger partial charge is 0.396 e. The zero-order valence-corrected chi connectivity index (χ0v) is 12.6. The average Bonchev–Trinajstić information content (AvgIpc) is 2.45. The molecule has 0 radical (unpaired) electrons. The summed E-state index contributed by atoms with van der Waals surface area (Å²) in [5.41, 5.74) is 2.59. The molecule has 2 aromatic rings. The van der Waals surface area contributed by atoms with E-state index in [1.807, 2.05) is 12.1 Å². The summed E-state index contributed by atoms with van der Waals surface area (Å²) in [4.78, 5) is 0. The van der Waals surface area contributed by atoms with E-state index >= 15 is 0 Å². The topological polar surface area (TPSA) is 20.2 Å². The van der Waals surface area contributed by atoms with E-state index < -0.39 is 0 Å². The van der Waals surface area contributed by atoms with E-state index in [9.17, 15) is 5.11 Å². The zero-order valence-electron chi connectivity index (χ0n) is 12.6. The van der Waals surface area contributed by atoms with Crippen molar-refractivity contribution in [3.8, 4) is 0 Å².